The van der Waals surface area contributed by atoms with Crippen LogP contribution in [-0.4, -0.2) is 54.5 Å². The van der Waals surface area contributed by atoms with Crippen LogP contribution in [0.5, 0.6) is 0 Å². The number of nitrogens with zero attached hydrogens (tertiary/aromatic N) is 5. The third-order valence-corrected chi connectivity index (χ3v) is 6.43. The van der Waals surface area contributed by atoms with Gasteiger partial charge in [-0.15, -0.1) is 0 Å². The van der Waals surface area contributed by atoms with Crippen LogP contribution in [0.4, 0.5) is 0 Å². The molecule has 1 aliphatic carbocycles. The summed E-state index contributed by atoms with van der Waals surface area (Å²) in [5, 5.41) is 18.2. The lowest BCUT2D eigenvalue weighted by Crippen LogP contribution is -2.39. The third-order valence-electron chi connectivity index (χ3n) is 6.43. The second kappa shape index (κ2) is 8.00. The van der Waals surface area contributed by atoms with E-state index in [9.17, 15) is 14.7 Å². The van der Waals surface area contributed by atoms with Gasteiger partial charge in [-0.25, -0.2) is 4.79 Å². The molecule has 1 saturated carbocycles. The highest BCUT2D eigenvalue weighted by atomic mass is 16.4. The molecule has 0 radical (unpaired) electrons. The predicted molar refractivity (Wildman–Crippen MR) is 107 cm³/mol. The molecule has 0 bridgehead atoms. The Hall–Kier alpha value is -2.64. The van der Waals surface area contributed by atoms with E-state index in [1.165, 1.54) is 25.5 Å². The smallest absolute Gasteiger partial charge is 0.339 e. The Morgan fingerprint density at radius 1 is 1.00 bits per heavy atom. The van der Waals surface area contributed by atoms with Crippen molar-refractivity contribution in [3.8, 4) is 0 Å². The van der Waals surface area contributed by atoms with Gasteiger partial charge < -0.3 is 10.0 Å². The van der Waals surface area contributed by atoms with E-state index in [2.05, 4.69) is 14.9 Å². The molecule has 1 N–H and O–H groups in total. The van der Waals surface area contributed by atoms with Crippen molar-refractivity contribution >= 4 is 11.9 Å². The quantitative estimate of drug-likeness (QED) is 0.851. The van der Waals surface area contributed by atoms with Crippen LogP contribution in [0.3, 0.4) is 0 Å². The summed E-state index contributed by atoms with van der Waals surface area (Å²) >= 11 is 0. The van der Waals surface area contributed by atoms with Crippen molar-refractivity contribution in [2.75, 3.05) is 13.1 Å². The standard InChI is InChI=1S/C21H29N5O3/c1-14-12-19(23-25(14)16-6-4-3-5-7-16)20(27)24-10-8-17(9-11-24)26-15(2)18(13-22-26)21(28)29/h12-13,16-17H,3-11H2,1-2H3,(H,28,29). The number of carboxylic acids is 1. The number of aromatic nitrogens is 4. The Labute approximate surface area is 170 Å². The van der Waals surface area contributed by atoms with Gasteiger partial charge in [-0.2, -0.15) is 10.2 Å². The maximum atomic E-state index is 13.0. The first kappa shape index (κ1) is 19.7. The SMILES string of the molecule is Cc1cc(C(=O)N2CCC(n3ncc(C(=O)O)c3C)CC2)nn1C1CCCCC1. The molecule has 2 aliphatic rings. The first-order valence-electron chi connectivity index (χ1n) is 10.6. The zero-order valence-corrected chi connectivity index (χ0v) is 17.2. The highest BCUT2D eigenvalue weighted by Gasteiger charge is 2.29. The van der Waals surface area contributed by atoms with E-state index in [1.54, 1.807) is 11.6 Å². The summed E-state index contributed by atoms with van der Waals surface area (Å²) < 4.78 is 3.85. The number of rotatable bonds is 4. The minimum absolute atomic E-state index is 0.00970. The summed E-state index contributed by atoms with van der Waals surface area (Å²) in [6, 6.07) is 2.45. The normalized spacial score (nSPS) is 18.9. The molecule has 0 aromatic carbocycles. The van der Waals surface area contributed by atoms with Gasteiger partial charge in [0.05, 0.1) is 24.0 Å². The van der Waals surface area contributed by atoms with E-state index >= 15 is 0 Å². The van der Waals surface area contributed by atoms with Crippen molar-refractivity contribution in [1.29, 1.82) is 0 Å². The van der Waals surface area contributed by atoms with Crippen molar-refractivity contribution in [3.05, 3.63) is 34.9 Å². The first-order chi connectivity index (χ1) is 14.0. The molecule has 8 heteroatoms. The van der Waals surface area contributed by atoms with Crippen LogP contribution in [-0.2, 0) is 0 Å². The summed E-state index contributed by atoms with van der Waals surface area (Å²) in [5.74, 6) is -0.963. The van der Waals surface area contributed by atoms with Gasteiger partial charge in [0.2, 0.25) is 0 Å². The molecule has 1 amide bonds. The summed E-state index contributed by atoms with van der Waals surface area (Å²) in [6.07, 6.45) is 8.98. The number of carbonyl (C=O) groups excluding carboxylic acids is 1. The molecular formula is C21H29N5O3. The number of carbonyl (C=O) groups is 2. The lowest BCUT2D eigenvalue weighted by molar-refractivity contribution is 0.0681. The minimum Gasteiger partial charge on any atom is -0.478 e. The van der Waals surface area contributed by atoms with Crippen molar-refractivity contribution in [1.82, 2.24) is 24.5 Å². The molecule has 1 aliphatic heterocycles. The van der Waals surface area contributed by atoms with E-state index in [-0.39, 0.29) is 17.5 Å². The van der Waals surface area contributed by atoms with Crippen LogP contribution in [0, 0.1) is 13.8 Å². The zero-order chi connectivity index (χ0) is 20.5. The van der Waals surface area contributed by atoms with Gasteiger partial charge >= 0.3 is 5.97 Å². The number of piperidine rings is 1. The number of hydrogen-bond donors (Lipinski definition) is 1. The van der Waals surface area contributed by atoms with E-state index in [1.807, 2.05) is 17.9 Å². The Balaban J connectivity index is 1.41. The van der Waals surface area contributed by atoms with E-state index in [0.29, 0.717) is 30.5 Å². The molecular weight excluding hydrogens is 370 g/mol. The lowest BCUT2D eigenvalue weighted by Gasteiger charge is -2.32. The number of likely N-dealkylation sites (tertiary alicyclic amines) is 1. The molecule has 0 spiro atoms. The van der Waals surface area contributed by atoms with E-state index in [0.717, 1.165) is 31.4 Å². The number of hydrogen-bond acceptors (Lipinski definition) is 4. The summed E-state index contributed by atoms with van der Waals surface area (Å²) in [7, 11) is 0. The van der Waals surface area contributed by atoms with Crippen molar-refractivity contribution in [2.45, 2.75) is 70.9 Å². The van der Waals surface area contributed by atoms with Crippen LogP contribution in [0.25, 0.3) is 0 Å². The lowest BCUT2D eigenvalue weighted by atomic mass is 9.95. The predicted octanol–water partition coefficient (Wildman–Crippen LogP) is 3.38. The molecule has 2 aromatic rings. The largest absolute Gasteiger partial charge is 0.478 e. The highest BCUT2D eigenvalue weighted by molar-refractivity contribution is 5.92. The fourth-order valence-electron chi connectivity index (χ4n) is 4.76. The average molecular weight is 399 g/mol. The summed E-state index contributed by atoms with van der Waals surface area (Å²) in [5.41, 5.74) is 2.51. The maximum absolute atomic E-state index is 13.0. The summed E-state index contributed by atoms with van der Waals surface area (Å²) in [4.78, 5) is 26.1. The van der Waals surface area contributed by atoms with Crippen LogP contribution in [0.2, 0.25) is 0 Å². The topological polar surface area (TPSA) is 93.2 Å². The molecule has 2 aromatic heterocycles. The van der Waals surface area contributed by atoms with Gasteiger partial charge in [-0.05, 0) is 45.6 Å². The van der Waals surface area contributed by atoms with Crippen LogP contribution < -0.4 is 0 Å². The average Bonchev–Trinajstić information content (AvgIpc) is 3.31. The van der Waals surface area contributed by atoms with Gasteiger partial charge in [-0.1, -0.05) is 19.3 Å². The van der Waals surface area contributed by atoms with Crippen LogP contribution in [0.1, 0.15) is 89.3 Å². The fraction of sp³-hybridized carbons (Fsp3) is 0.619. The summed E-state index contributed by atoms with van der Waals surface area (Å²) in [6.45, 7) is 5.07. The second-order valence-electron chi connectivity index (χ2n) is 8.32. The second-order valence-corrected chi connectivity index (χ2v) is 8.32. The maximum Gasteiger partial charge on any atom is 0.339 e. The van der Waals surface area contributed by atoms with Gasteiger partial charge in [0.15, 0.2) is 5.69 Å². The van der Waals surface area contributed by atoms with E-state index in [4.69, 9.17) is 0 Å². The Morgan fingerprint density at radius 2 is 1.66 bits per heavy atom. The monoisotopic (exact) mass is 399 g/mol. The highest BCUT2D eigenvalue weighted by Crippen LogP contribution is 2.30. The van der Waals surface area contributed by atoms with Gasteiger partial charge in [0, 0.05) is 18.8 Å². The molecule has 2 fully saturated rings. The molecule has 0 atom stereocenters. The molecule has 0 unspecified atom stereocenters. The molecule has 29 heavy (non-hydrogen) atoms. The van der Waals surface area contributed by atoms with Gasteiger partial charge in [0.1, 0.15) is 5.56 Å². The van der Waals surface area contributed by atoms with Crippen LogP contribution >= 0.6 is 0 Å². The van der Waals surface area contributed by atoms with Crippen molar-refractivity contribution < 1.29 is 14.7 Å². The fourth-order valence-corrected chi connectivity index (χ4v) is 4.76. The third kappa shape index (κ3) is 3.80. The van der Waals surface area contributed by atoms with Gasteiger partial charge in [-0.3, -0.25) is 14.2 Å². The molecule has 8 nitrogen and oxygen atoms in total. The molecule has 156 valence electrons. The van der Waals surface area contributed by atoms with E-state index < -0.39 is 5.97 Å². The van der Waals surface area contributed by atoms with Gasteiger partial charge in [0.25, 0.3) is 5.91 Å². The van der Waals surface area contributed by atoms with Crippen LogP contribution in [0.15, 0.2) is 12.3 Å². The number of aromatic carboxylic acids is 1. The number of carboxylic acid groups (broad SMARTS) is 1. The Morgan fingerprint density at radius 3 is 2.28 bits per heavy atom. The van der Waals surface area contributed by atoms with Crippen molar-refractivity contribution in [2.24, 2.45) is 0 Å². The number of amides is 1. The Kier molecular flexibility index (Phi) is 5.43. The van der Waals surface area contributed by atoms with Crippen molar-refractivity contribution in [3.63, 3.8) is 0 Å². The molecule has 3 heterocycles. The molecule has 1 saturated heterocycles. The molecule has 4 rings (SSSR count). The first-order valence-corrected chi connectivity index (χ1v) is 10.6. The Bertz CT molecular complexity index is 902. The minimum atomic E-state index is -0.953. The number of aryl methyl sites for hydroxylation is 1. The zero-order valence-electron chi connectivity index (χ0n) is 17.2.